The van der Waals surface area contributed by atoms with Crippen LogP contribution in [0.1, 0.15) is 158 Å². The second-order valence-electron chi connectivity index (χ2n) is 28.3. The van der Waals surface area contributed by atoms with E-state index in [1.165, 1.54) is 310 Å². The maximum atomic E-state index is 13.0. The van der Waals surface area contributed by atoms with Gasteiger partial charge in [0.15, 0.2) is 0 Å². The van der Waals surface area contributed by atoms with Gasteiger partial charge in [0.25, 0.3) is 0 Å². The number of benzene rings is 6. The standard InChI is InChI=1S/2C27H30F3N7O3.2C16H36N.2ClH/c2*28-19-1-7-22(8-2-19)34-25(38)31-13-16-37(17-14-32-26(39)35-23-9-3-20(29)4-10-23)18-15-33-27(40)36-24-11-5-21(30)6-12-24;2*1-5-9-13-17(14-10-6-2,15-11-7-3)16-12-8-4;;/h2*1-12H,13-18H2,(H2,31,34,38)(H2,32,35,39)(H2,33,36,40);2*5-16H2,1-4H3;2*1H/q;;2*+1;;/p-2. The molecule has 30 heteroatoms. The van der Waals surface area contributed by atoms with Crippen LogP contribution < -0.4 is 88.6 Å². The first-order chi connectivity index (χ1) is 55.0. The van der Waals surface area contributed by atoms with Gasteiger partial charge in [-0.15, -0.1) is 0 Å². The third-order valence-corrected chi connectivity index (χ3v) is 18.8. The van der Waals surface area contributed by atoms with Crippen LogP contribution in [0.2, 0.25) is 0 Å². The van der Waals surface area contributed by atoms with Crippen LogP contribution in [0.3, 0.4) is 0 Å². The van der Waals surface area contributed by atoms with Crippen molar-refractivity contribution in [3.63, 3.8) is 0 Å². The smallest absolute Gasteiger partial charge is 0.319 e. The molecule has 0 aliphatic carbocycles. The molecule has 648 valence electrons. The molecule has 0 saturated heterocycles. The molecule has 0 saturated carbocycles. The lowest BCUT2D eigenvalue weighted by atomic mass is 10.1. The minimum atomic E-state index is -0.472. The summed E-state index contributed by atoms with van der Waals surface area (Å²) in [6, 6.07) is 29.2. The highest BCUT2D eigenvalue weighted by atomic mass is 35.5. The van der Waals surface area contributed by atoms with E-state index in [0.717, 1.165) is 0 Å². The van der Waals surface area contributed by atoms with Gasteiger partial charge >= 0.3 is 36.2 Å². The van der Waals surface area contributed by atoms with E-state index in [2.05, 4.69) is 119 Å². The highest BCUT2D eigenvalue weighted by Gasteiger charge is 2.26. The lowest BCUT2D eigenvalue weighted by molar-refractivity contribution is -0.929. The zero-order chi connectivity index (χ0) is 83.5. The number of unbranched alkanes of at least 4 members (excludes halogenated alkanes) is 8. The summed E-state index contributed by atoms with van der Waals surface area (Å²) in [5.41, 5.74) is 2.60. The third-order valence-electron chi connectivity index (χ3n) is 18.8. The average molecular weight is 1670 g/mol. The van der Waals surface area contributed by atoms with Gasteiger partial charge in [0, 0.05) is 113 Å². The first-order valence-electron chi connectivity index (χ1n) is 41.0. The molecule has 116 heavy (non-hydrogen) atoms. The molecule has 0 unspecified atom stereocenters. The molecule has 0 bridgehead atoms. The van der Waals surface area contributed by atoms with E-state index in [1.807, 2.05) is 9.80 Å². The Balaban J connectivity index is 0.000000829. The molecule has 0 fully saturated rings. The molecule has 0 spiro atoms. The van der Waals surface area contributed by atoms with Crippen molar-refractivity contribution in [3.8, 4) is 0 Å². The van der Waals surface area contributed by atoms with E-state index >= 15 is 0 Å². The Morgan fingerprint density at radius 1 is 0.233 bits per heavy atom. The van der Waals surface area contributed by atoms with Crippen LogP contribution in [0.15, 0.2) is 146 Å². The summed E-state index contributed by atoms with van der Waals surface area (Å²) in [6.07, 6.45) is 22.1. The van der Waals surface area contributed by atoms with Crippen molar-refractivity contribution >= 4 is 70.3 Å². The second-order valence-corrected chi connectivity index (χ2v) is 28.3. The van der Waals surface area contributed by atoms with E-state index in [1.54, 1.807) is 0 Å². The number of nitrogens with zero attached hydrogens (tertiary/aromatic N) is 4. The average Bonchev–Trinajstić information content (AvgIpc) is 0.868. The minimum absolute atomic E-state index is 0. The zero-order valence-electron chi connectivity index (χ0n) is 69.6. The monoisotopic (exact) mass is 1670 g/mol. The SMILES string of the molecule is CCCC[N+](CCCC)(CCCC)CCCC.CCCC[N+](CCCC)(CCCC)CCCC.O=C(NCCN(CCNC(=O)Nc1ccc(F)cc1)CCNC(=O)Nc1ccc(F)cc1)Nc1ccc(F)cc1.O=C(NCCN(CCNC(=O)Nc1ccc(F)cc1)CCNC(=O)Nc1ccc(F)cc1)Nc1ccc(F)cc1.[Cl-].[Cl-]. The van der Waals surface area contributed by atoms with Crippen LogP contribution in [0.25, 0.3) is 0 Å². The van der Waals surface area contributed by atoms with Gasteiger partial charge in [-0.25, -0.2) is 55.1 Å². The van der Waals surface area contributed by atoms with Crippen LogP contribution in [0, 0.1) is 34.9 Å². The first kappa shape index (κ1) is 105. The Labute approximate surface area is 698 Å². The molecule has 6 aromatic rings. The molecule has 12 N–H and O–H groups in total. The van der Waals surface area contributed by atoms with Crippen molar-refractivity contribution in [3.05, 3.63) is 180 Å². The number of nitrogens with one attached hydrogen (secondary N) is 12. The summed E-state index contributed by atoms with van der Waals surface area (Å²) in [7, 11) is 0. The summed E-state index contributed by atoms with van der Waals surface area (Å²) in [4.78, 5) is 76.8. The largest absolute Gasteiger partial charge is 1.00 e. The number of carbonyl (C=O) groups is 6. The van der Waals surface area contributed by atoms with Crippen LogP contribution >= 0.6 is 0 Å². The number of hydrogen-bond donors (Lipinski definition) is 12. The van der Waals surface area contributed by atoms with Crippen molar-refractivity contribution in [2.24, 2.45) is 0 Å². The van der Waals surface area contributed by atoms with E-state index in [-0.39, 0.29) is 64.1 Å². The van der Waals surface area contributed by atoms with Gasteiger partial charge in [0.2, 0.25) is 0 Å². The molecule has 6 rings (SSSR count). The lowest BCUT2D eigenvalue weighted by Gasteiger charge is -2.39. The number of halogens is 8. The molecule has 0 aromatic heterocycles. The molecule has 0 aliphatic rings. The Bertz CT molecular complexity index is 2950. The number of amides is 12. The molecule has 6 aromatic carbocycles. The van der Waals surface area contributed by atoms with Crippen molar-refractivity contribution in [1.29, 1.82) is 0 Å². The summed E-state index contributed by atoms with van der Waals surface area (Å²) >= 11 is 0. The fraction of sp³-hybridized carbons (Fsp3) is 0.512. The fourth-order valence-electron chi connectivity index (χ4n) is 12.2. The Morgan fingerprint density at radius 2 is 0.353 bits per heavy atom. The van der Waals surface area contributed by atoms with E-state index in [0.29, 0.717) is 73.4 Å². The van der Waals surface area contributed by atoms with Gasteiger partial charge < -0.3 is 97.6 Å². The zero-order valence-corrected chi connectivity index (χ0v) is 71.1. The number of quaternary nitrogens is 2. The molecular formula is C86H132Cl2F6N16O6. The van der Waals surface area contributed by atoms with Gasteiger partial charge in [-0.1, -0.05) is 107 Å². The van der Waals surface area contributed by atoms with Crippen molar-refractivity contribution in [2.45, 2.75) is 158 Å². The number of carbonyl (C=O) groups excluding carboxylic acids is 6. The number of urea groups is 6. The van der Waals surface area contributed by atoms with Crippen molar-refractivity contribution < 1.29 is 88.9 Å². The van der Waals surface area contributed by atoms with Crippen LogP contribution in [-0.2, 0) is 0 Å². The molecular weight excluding hydrogens is 1540 g/mol. The summed E-state index contributed by atoms with van der Waals surface area (Å²) < 4.78 is 81.1. The number of hydrogen-bond acceptors (Lipinski definition) is 8. The van der Waals surface area contributed by atoms with Gasteiger partial charge in [-0.05, 0) is 197 Å². The van der Waals surface area contributed by atoms with E-state index in [9.17, 15) is 55.1 Å². The van der Waals surface area contributed by atoms with Gasteiger partial charge in [0.1, 0.15) is 34.9 Å². The Hall–Kier alpha value is -9.06. The predicted molar refractivity (Wildman–Crippen MR) is 452 cm³/mol. The molecule has 0 heterocycles. The molecule has 0 radical (unpaired) electrons. The molecule has 0 atom stereocenters. The van der Waals surface area contributed by atoms with Crippen molar-refractivity contribution in [2.75, 3.05) is 163 Å². The van der Waals surface area contributed by atoms with Gasteiger partial charge in [0.05, 0.1) is 52.4 Å². The van der Waals surface area contributed by atoms with Crippen molar-refractivity contribution in [1.82, 2.24) is 41.7 Å². The van der Waals surface area contributed by atoms with Crippen LogP contribution in [-0.4, -0.2) is 186 Å². The van der Waals surface area contributed by atoms with Gasteiger partial charge in [-0.3, -0.25) is 9.80 Å². The topological polar surface area (TPSA) is 253 Å². The van der Waals surface area contributed by atoms with Crippen LogP contribution in [0.5, 0.6) is 0 Å². The van der Waals surface area contributed by atoms with Gasteiger partial charge in [-0.2, -0.15) is 0 Å². The van der Waals surface area contributed by atoms with E-state index in [4.69, 9.17) is 0 Å². The van der Waals surface area contributed by atoms with Crippen LogP contribution in [0.4, 0.5) is 89.2 Å². The highest BCUT2D eigenvalue weighted by molar-refractivity contribution is 5.92. The fourth-order valence-corrected chi connectivity index (χ4v) is 12.2. The Kier molecular flexibility index (Phi) is 58.0. The first-order valence-corrected chi connectivity index (χ1v) is 41.0. The van der Waals surface area contributed by atoms with E-state index < -0.39 is 71.1 Å². The minimum Gasteiger partial charge on any atom is -1.00 e. The molecule has 12 amide bonds. The molecule has 0 aliphatic heterocycles. The number of anilines is 6. The Morgan fingerprint density at radius 3 is 0.466 bits per heavy atom. The second kappa shape index (κ2) is 64.1. The quantitative estimate of drug-likeness (QED) is 0.0129. The third kappa shape index (κ3) is 49.8. The maximum Gasteiger partial charge on any atom is 0.319 e. The summed E-state index contributed by atoms with van der Waals surface area (Å²) in [5.74, 6) is -2.49. The lowest BCUT2D eigenvalue weighted by Crippen LogP contribution is -3.00. The summed E-state index contributed by atoms with van der Waals surface area (Å²) in [5, 5.41) is 31.8. The maximum absolute atomic E-state index is 13.0. The normalized spacial score (nSPS) is 10.8. The highest BCUT2D eigenvalue weighted by Crippen LogP contribution is 2.20. The summed E-state index contributed by atoms with van der Waals surface area (Å²) in [6.45, 7) is 33.8. The molecule has 22 nitrogen and oxygen atoms in total. The predicted octanol–water partition coefficient (Wildman–Crippen LogP) is 12.4. The number of rotatable bonds is 48.